The maximum absolute atomic E-state index is 12.4. The largest absolute Gasteiger partial charge is 0.495 e. The third-order valence-corrected chi connectivity index (χ3v) is 4.52. The average molecular weight is 345 g/mol. The molecule has 0 saturated heterocycles. The Kier molecular flexibility index (Phi) is 5.60. The van der Waals surface area contributed by atoms with E-state index >= 15 is 0 Å². The Bertz CT molecular complexity index is 685. The molecule has 134 valence electrons. The van der Waals surface area contributed by atoms with Gasteiger partial charge in [0.1, 0.15) is 18.4 Å². The highest BCUT2D eigenvalue weighted by molar-refractivity contribution is 5.76. The fraction of sp³-hybridized carbons (Fsp3) is 0.529. The number of carbonyl (C=O) groups excluding carboxylic acids is 1. The lowest BCUT2D eigenvalue weighted by Gasteiger charge is -2.38. The first-order valence-corrected chi connectivity index (χ1v) is 8.44. The number of methoxy groups -OCH3 is 1. The van der Waals surface area contributed by atoms with Gasteiger partial charge >= 0.3 is 0 Å². The fourth-order valence-corrected chi connectivity index (χ4v) is 3.09. The van der Waals surface area contributed by atoms with Gasteiger partial charge in [0.15, 0.2) is 0 Å². The van der Waals surface area contributed by atoms with E-state index in [9.17, 15) is 9.90 Å². The molecule has 2 aromatic rings. The zero-order valence-electron chi connectivity index (χ0n) is 14.2. The maximum atomic E-state index is 12.4. The second-order valence-corrected chi connectivity index (χ2v) is 6.35. The zero-order chi connectivity index (χ0) is 17.6. The number of hydrogen-bond donors (Lipinski definition) is 2. The van der Waals surface area contributed by atoms with Crippen molar-refractivity contribution in [3.8, 4) is 5.75 Å². The van der Waals surface area contributed by atoms with Crippen LogP contribution in [0.25, 0.3) is 0 Å². The Morgan fingerprint density at radius 2 is 2.28 bits per heavy atom. The van der Waals surface area contributed by atoms with E-state index in [1.54, 1.807) is 30.5 Å². The number of aromatic nitrogens is 4. The Hall–Kier alpha value is -2.48. The van der Waals surface area contributed by atoms with Crippen LogP contribution in [0.5, 0.6) is 5.75 Å². The minimum absolute atomic E-state index is 0.0191. The normalized spacial score (nSPS) is 20.6. The molecular weight excluding hydrogens is 322 g/mol. The highest BCUT2D eigenvalue weighted by atomic mass is 16.5. The number of carbonyl (C=O) groups is 1. The molecule has 2 aromatic heterocycles. The summed E-state index contributed by atoms with van der Waals surface area (Å²) in [5.41, 5.74) is 0.904. The summed E-state index contributed by atoms with van der Waals surface area (Å²) in [7, 11) is 1.59. The molecule has 1 amide bonds. The number of amides is 1. The Morgan fingerprint density at radius 3 is 2.96 bits per heavy atom. The number of rotatable bonds is 8. The predicted molar refractivity (Wildman–Crippen MR) is 89.7 cm³/mol. The third kappa shape index (κ3) is 4.54. The van der Waals surface area contributed by atoms with Crippen molar-refractivity contribution in [3.63, 3.8) is 0 Å². The van der Waals surface area contributed by atoms with Gasteiger partial charge in [0.2, 0.25) is 5.91 Å². The standard InChI is InChI=1S/C17H23N5O3/c1-25-15-7-13(8-18-9-15)17(12-5-14(23)6-12)21-16(24)3-2-4-22-11-19-10-20-22/h7-12,14,17,23H,2-6H2,1H3,(H,21,24)/t12?,14?,17-/m1/s1. The molecule has 0 spiro atoms. The summed E-state index contributed by atoms with van der Waals surface area (Å²) in [6.07, 6.45) is 8.67. The van der Waals surface area contributed by atoms with Crippen LogP contribution in [0.4, 0.5) is 0 Å². The number of aliphatic hydroxyl groups is 1. The number of pyridine rings is 1. The molecule has 0 unspecified atom stereocenters. The molecular formula is C17H23N5O3. The van der Waals surface area contributed by atoms with Crippen LogP contribution in [-0.4, -0.2) is 44.0 Å². The van der Waals surface area contributed by atoms with Crippen LogP contribution >= 0.6 is 0 Å². The third-order valence-electron chi connectivity index (χ3n) is 4.52. The van der Waals surface area contributed by atoms with Crippen molar-refractivity contribution in [1.29, 1.82) is 0 Å². The summed E-state index contributed by atoms with van der Waals surface area (Å²) in [4.78, 5) is 20.4. The highest BCUT2D eigenvalue weighted by Gasteiger charge is 2.35. The molecule has 1 saturated carbocycles. The van der Waals surface area contributed by atoms with Crippen molar-refractivity contribution < 1.29 is 14.6 Å². The number of hydrogen-bond acceptors (Lipinski definition) is 6. The summed E-state index contributed by atoms with van der Waals surface area (Å²) < 4.78 is 6.94. The Labute approximate surface area is 146 Å². The number of aryl methyl sites for hydroxylation is 1. The second-order valence-electron chi connectivity index (χ2n) is 6.35. The van der Waals surface area contributed by atoms with Crippen LogP contribution in [-0.2, 0) is 11.3 Å². The molecule has 8 nitrogen and oxygen atoms in total. The van der Waals surface area contributed by atoms with Crippen LogP contribution in [0, 0.1) is 5.92 Å². The summed E-state index contributed by atoms with van der Waals surface area (Å²) in [5.74, 6) is 0.847. The van der Waals surface area contributed by atoms with E-state index in [-0.39, 0.29) is 24.0 Å². The first-order chi connectivity index (χ1) is 12.2. The van der Waals surface area contributed by atoms with Crippen molar-refractivity contribution in [1.82, 2.24) is 25.1 Å². The molecule has 25 heavy (non-hydrogen) atoms. The summed E-state index contributed by atoms with van der Waals surface area (Å²) >= 11 is 0. The lowest BCUT2D eigenvalue weighted by atomic mass is 9.75. The van der Waals surface area contributed by atoms with E-state index in [0.29, 0.717) is 38.0 Å². The number of ether oxygens (including phenoxy) is 1. The average Bonchev–Trinajstić information content (AvgIpc) is 3.10. The molecule has 8 heteroatoms. The Morgan fingerprint density at radius 1 is 1.44 bits per heavy atom. The molecule has 1 aliphatic carbocycles. The van der Waals surface area contributed by atoms with E-state index in [1.807, 2.05) is 6.07 Å². The lowest BCUT2D eigenvalue weighted by Crippen LogP contribution is -2.41. The van der Waals surface area contributed by atoms with Crippen LogP contribution in [0.15, 0.2) is 31.1 Å². The molecule has 2 N–H and O–H groups in total. The summed E-state index contributed by atoms with van der Waals surface area (Å²) in [5, 5.41) is 16.7. The molecule has 0 aliphatic heterocycles. The van der Waals surface area contributed by atoms with E-state index in [1.165, 1.54) is 6.33 Å². The van der Waals surface area contributed by atoms with Crippen molar-refractivity contribution in [3.05, 3.63) is 36.7 Å². The predicted octanol–water partition coefficient (Wildman–Crippen LogP) is 1.09. The SMILES string of the molecule is COc1cncc([C@H](NC(=O)CCCn2cncn2)C2CC(O)C2)c1. The van der Waals surface area contributed by atoms with E-state index in [2.05, 4.69) is 20.4 Å². The molecule has 1 fully saturated rings. The van der Waals surface area contributed by atoms with Gasteiger partial charge in [0.25, 0.3) is 0 Å². The number of nitrogens with one attached hydrogen (secondary N) is 1. The minimum Gasteiger partial charge on any atom is -0.495 e. The van der Waals surface area contributed by atoms with Crippen molar-refractivity contribution in [2.24, 2.45) is 5.92 Å². The molecule has 0 radical (unpaired) electrons. The topological polar surface area (TPSA) is 102 Å². The van der Waals surface area contributed by atoms with Crippen molar-refractivity contribution in [2.45, 2.75) is 44.4 Å². The van der Waals surface area contributed by atoms with Gasteiger partial charge in [0, 0.05) is 19.2 Å². The zero-order valence-corrected chi connectivity index (χ0v) is 14.2. The number of nitrogens with zero attached hydrogens (tertiary/aromatic N) is 4. The van der Waals surface area contributed by atoms with Gasteiger partial charge in [-0.05, 0) is 36.8 Å². The van der Waals surface area contributed by atoms with Crippen LogP contribution < -0.4 is 10.1 Å². The van der Waals surface area contributed by atoms with E-state index < -0.39 is 0 Å². The first-order valence-electron chi connectivity index (χ1n) is 8.44. The molecule has 2 heterocycles. The van der Waals surface area contributed by atoms with E-state index in [0.717, 1.165) is 5.56 Å². The minimum atomic E-state index is -0.282. The summed E-state index contributed by atoms with van der Waals surface area (Å²) in [6, 6.07) is 1.72. The molecule has 1 aliphatic rings. The fourth-order valence-electron chi connectivity index (χ4n) is 3.09. The maximum Gasteiger partial charge on any atom is 0.220 e. The van der Waals surface area contributed by atoms with Crippen LogP contribution in [0.1, 0.15) is 37.3 Å². The van der Waals surface area contributed by atoms with Gasteiger partial charge in [-0.3, -0.25) is 14.5 Å². The monoisotopic (exact) mass is 345 g/mol. The van der Waals surface area contributed by atoms with Gasteiger partial charge in [-0.15, -0.1) is 0 Å². The first kappa shape index (κ1) is 17.3. The van der Waals surface area contributed by atoms with Crippen molar-refractivity contribution in [2.75, 3.05) is 7.11 Å². The van der Waals surface area contributed by atoms with Gasteiger partial charge < -0.3 is 15.2 Å². The molecule has 0 bridgehead atoms. The van der Waals surface area contributed by atoms with Gasteiger partial charge in [-0.2, -0.15) is 5.10 Å². The summed E-state index contributed by atoms with van der Waals surface area (Å²) in [6.45, 7) is 0.654. The smallest absolute Gasteiger partial charge is 0.220 e. The number of aliphatic hydroxyl groups excluding tert-OH is 1. The molecule has 3 rings (SSSR count). The van der Waals surface area contributed by atoms with Crippen molar-refractivity contribution >= 4 is 5.91 Å². The Balaban J connectivity index is 1.60. The van der Waals surface area contributed by atoms with Crippen LogP contribution in [0.3, 0.4) is 0 Å². The van der Waals surface area contributed by atoms with Gasteiger partial charge in [-0.1, -0.05) is 0 Å². The molecule has 1 atom stereocenters. The second kappa shape index (κ2) is 8.06. The van der Waals surface area contributed by atoms with E-state index in [4.69, 9.17) is 4.74 Å². The molecule has 0 aromatic carbocycles. The lowest BCUT2D eigenvalue weighted by molar-refractivity contribution is -0.123. The highest BCUT2D eigenvalue weighted by Crippen LogP contribution is 2.38. The van der Waals surface area contributed by atoms with Gasteiger partial charge in [-0.25, -0.2) is 4.98 Å². The quantitative estimate of drug-likeness (QED) is 0.742. The van der Waals surface area contributed by atoms with Crippen LogP contribution in [0.2, 0.25) is 0 Å². The van der Waals surface area contributed by atoms with Gasteiger partial charge in [0.05, 0.1) is 25.5 Å².